The highest BCUT2D eigenvalue weighted by Gasteiger charge is 2.13. The molecule has 0 spiro atoms. The molecule has 4 rings (SSSR count). The molecule has 3 nitrogen and oxygen atoms in total. The van der Waals surface area contributed by atoms with Crippen LogP contribution in [-0.2, 0) is 0 Å². The zero-order chi connectivity index (χ0) is 15.6. The highest BCUT2D eigenvalue weighted by molar-refractivity contribution is 6.10. The molecular formula is C20H13NO2. The lowest BCUT2D eigenvalue weighted by Gasteiger charge is -2.00. The Labute approximate surface area is 133 Å². The Kier molecular flexibility index (Phi) is 3.24. The van der Waals surface area contributed by atoms with E-state index in [1.807, 2.05) is 60.7 Å². The van der Waals surface area contributed by atoms with Gasteiger partial charge in [-0.2, -0.15) is 0 Å². The zero-order valence-corrected chi connectivity index (χ0v) is 12.3. The highest BCUT2D eigenvalue weighted by Crippen LogP contribution is 2.25. The van der Waals surface area contributed by atoms with Gasteiger partial charge in [0.25, 0.3) is 0 Å². The average molecular weight is 299 g/mol. The Balaban J connectivity index is 1.75. The summed E-state index contributed by atoms with van der Waals surface area (Å²) in [5.74, 6) is 0.543. The van der Waals surface area contributed by atoms with E-state index >= 15 is 0 Å². The van der Waals surface area contributed by atoms with Crippen molar-refractivity contribution in [3.05, 3.63) is 90.0 Å². The summed E-state index contributed by atoms with van der Waals surface area (Å²) in [6.07, 6.45) is 0. The molecule has 0 saturated carbocycles. The zero-order valence-electron chi connectivity index (χ0n) is 12.3. The summed E-state index contributed by atoms with van der Waals surface area (Å²) in [4.78, 5) is 17.0. The summed E-state index contributed by atoms with van der Waals surface area (Å²) >= 11 is 0. The van der Waals surface area contributed by atoms with Gasteiger partial charge in [0.2, 0.25) is 5.89 Å². The molecule has 0 aliphatic heterocycles. The topological polar surface area (TPSA) is 43.1 Å². The van der Waals surface area contributed by atoms with E-state index in [0.717, 1.165) is 5.56 Å². The molecule has 3 heteroatoms. The van der Waals surface area contributed by atoms with Crippen molar-refractivity contribution >= 4 is 16.9 Å². The van der Waals surface area contributed by atoms with E-state index < -0.39 is 0 Å². The van der Waals surface area contributed by atoms with Crippen molar-refractivity contribution in [3.8, 4) is 11.5 Å². The summed E-state index contributed by atoms with van der Waals surface area (Å²) in [6, 6.07) is 24.3. The van der Waals surface area contributed by atoms with Gasteiger partial charge < -0.3 is 4.42 Å². The van der Waals surface area contributed by atoms with Crippen LogP contribution in [0.4, 0.5) is 0 Å². The van der Waals surface area contributed by atoms with E-state index in [1.165, 1.54) is 0 Å². The largest absolute Gasteiger partial charge is 0.436 e. The van der Waals surface area contributed by atoms with Crippen molar-refractivity contribution in [3.63, 3.8) is 0 Å². The summed E-state index contributed by atoms with van der Waals surface area (Å²) in [5.41, 5.74) is 3.55. The third kappa shape index (κ3) is 2.53. The second-order valence-electron chi connectivity index (χ2n) is 5.26. The maximum absolute atomic E-state index is 12.5. The third-order valence-electron chi connectivity index (χ3n) is 3.71. The molecule has 0 atom stereocenters. The standard InChI is InChI=1S/C20H13NO2/c22-19(14-7-3-1-4-8-14)16-11-12-18-17(13-16)21-20(23-18)15-9-5-2-6-10-15/h1-13H. The van der Waals surface area contributed by atoms with Gasteiger partial charge in [0.1, 0.15) is 5.52 Å². The highest BCUT2D eigenvalue weighted by atomic mass is 16.3. The van der Waals surface area contributed by atoms with Gasteiger partial charge in [-0.25, -0.2) is 4.98 Å². The van der Waals surface area contributed by atoms with Crippen LogP contribution in [0.3, 0.4) is 0 Å². The molecule has 0 N–H and O–H groups in total. The van der Waals surface area contributed by atoms with Gasteiger partial charge in [-0.05, 0) is 30.3 Å². The molecule has 1 heterocycles. The van der Waals surface area contributed by atoms with Gasteiger partial charge in [-0.1, -0.05) is 48.5 Å². The van der Waals surface area contributed by atoms with Crippen LogP contribution in [0, 0.1) is 0 Å². The molecule has 0 aliphatic carbocycles. The third-order valence-corrected chi connectivity index (χ3v) is 3.71. The summed E-state index contributed by atoms with van der Waals surface area (Å²) in [6.45, 7) is 0. The van der Waals surface area contributed by atoms with Gasteiger partial charge in [-0.15, -0.1) is 0 Å². The quantitative estimate of drug-likeness (QED) is 0.514. The lowest BCUT2D eigenvalue weighted by molar-refractivity contribution is 0.103. The molecule has 0 aliphatic rings. The fraction of sp³-hybridized carbons (Fsp3) is 0. The van der Waals surface area contributed by atoms with Gasteiger partial charge in [0.05, 0.1) is 0 Å². The Bertz CT molecular complexity index is 972. The number of rotatable bonds is 3. The molecule has 0 bridgehead atoms. The Morgan fingerprint density at radius 2 is 1.48 bits per heavy atom. The molecule has 0 saturated heterocycles. The van der Waals surface area contributed by atoms with Crippen molar-refractivity contribution in [1.82, 2.24) is 4.98 Å². The van der Waals surface area contributed by atoms with Gasteiger partial charge in [0, 0.05) is 16.7 Å². The Morgan fingerprint density at radius 3 is 2.22 bits per heavy atom. The smallest absolute Gasteiger partial charge is 0.227 e. The number of nitrogens with zero attached hydrogens (tertiary/aromatic N) is 1. The number of benzene rings is 3. The minimum Gasteiger partial charge on any atom is -0.436 e. The first kappa shape index (κ1) is 13.5. The number of aromatic nitrogens is 1. The Hall–Kier alpha value is -3.20. The van der Waals surface area contributed by atoms with Crippen molar-refractivity contribution in [2.75, 3.05) is 0 Å². The average Bonchev–Trinajstić information content (AvgIpc) is 3.06. The van der Waals surface area contributed by atoms with E-state index in [0.29, 0.717) is 28.1 Å². The summed E-state index contributed by atoms with van der Waals surface area (Å²) in [7, 11) is 0. The van der Waals surface area contributed by atoms with Crippen molar-refractivity contribution in [1.29, 1.82) is 0 Å². The van der Waals surface area contributed by atoms with Crippen molar-refractivity contribution in [2.45, 2.75) is 0 Å². The maximum Gasteiger partial charge on any atom is 0.227 e. The van der Waals surface area contributed by atoms with Crippen LogP contribution in [0.25, 0.3) is 22.6 Å². The van der Waals surface area contributed by atoms with Crippen molar-refractivity contribution < 1.29 is 9.21 Å². The minimum absolute atomic E-state index is 0.0169. The van der Waals surface area contributed by atoms with Crippen LogP contribution in [-0.4, -0.2) is 10.8 Å². The lowest BCUT2D eigenvalue weighted by Crippen LogP contribution is -2.00. The molecule has 1 aromatic heterocycles. The fourth-order valence-electron chi connectivity index (χ4n) is 2.53. The molecular weight excluding hydrogens is 286 g/mol. The fourth-order valence-corrected chi connectivity index (χ4v) is 2.53. The first-order valence-electron chi connectivity index (χ1n) is 7.37. The maximum atomic E-state index is 12.5. The first-order chi connectivity index (χ1) is 11.3. The normalized spacial score (nSPS) is 10.8. The molecule has 0 amide bonds. The molecule has 3 aromatic carbocycles. The number of carbonyl (C=O) groups excluding carboxylic acids is 1. The van der Waals surface area contributed by atoms with E-state index in [-0.39, 0.29) is 5.78 Å². The number of hydrogen-bond donors (Lipinski definition) is 0. The van der Waals surface area contributed by atoms with Crippen LogP contribution in [0.5, 0.6) is 0 Å². The summed E-state index contributed by atoms with van der Waals surface area (Å²) < 4.78 is 5.77. The second kappa shape index (κ2) is 5.54. The molecule has 0 fully saturated rings. The van der Waals surface area contributed by atoms with Gasteiger partial charge in [0.15, 0.2) is 11.4 Å². The van der Waals surface area contributed by atoms with E-state index in [4.69, 9.17) is 4.42 Å². The van der Waals surface area contributed by atoms with Crippen LogP contribution < -0.4 is 0 Å². The predicted octanol–water partition coefficient (Wildman–Crippen LogP) is 4.73. The van der Waals surface area contributed by atoms with Crippen molar-refractivity contribution in [2.24, 2.45) is 0 Å². The lowest BCUT2D eigenvalue weighted by atomic mass is 10.0. The van der Waals surface area contributed by atoms with E-state index in [2.05, 4.69) is 4.98 Å². The molecule has 23 heavy (non-hydrogen) atoms. The number of fused-ring (bicyclic) bond motifs is 1. The van der Waals surface area contributed by atoms with Crippen LogP contribution in [0.15, 0.2) is 83.3 Å². The minimum atomic E-state index is -0.0169. The summed E-state index contributed by atoms with van der Waals surface area (Å²) in [5, 5.41) is 0. The van der Waals surface area contributed by atoms with Gasteiger partial charge >= 0.3 is 0 Å². The SMILES string of the molecule is O=C(c1ccccc1)c1ccc2oc(-c3ccccc3)nc2c1. The van der Waals surface area contributed by atoms with E-state index in [1.54, 1.807) is 18.2 Å². The van der Waals surface area contributed by atoms with Crippen LogP contribution in [0.2, 0.25) is 0 Å². The Morgan fingerprint density at radius 1 is 0.783 bits per heavy atom. The van der Waals surface area contributed by atoms with Crippen LogP contribution in [0.1, 0.15) is 15.9 Å². The number of hydrogen-bond acceptors (Lipinski definition) is 3. The molecule has 110 valence electrons. The number of oxazole rings is 1. The number of ketones is 1. The molecule has 4 aromatic rings. The number of carbonyl (C=O) groups is 1. The van der Waals surface area contributed by atoms with Gasteiger partial charge in [-0.3, -0.25) is 4.79 Å². The molecule has 0 radical (unpaired) electrons. The predicted molar refractivity (Wildman–Crippen MR) is 89.3 cm³/mol. The monoisotopic (exact) mass is 299 g/mol. The first-order valence-corrected chi connectivity index (χ1v) is 7.37. The second-order valence-corrected chi connectivity index (χ2v) is 5.26. The van der Waals surface area contributed by atoms with E-state index in [9.17, 15) is 4.79 Å². The molecule has 0 unspecified atom stereocenters. The van der Waals surface area contributed by atoms with Crippen LogP contribution >= 0.6 is 0 Å².